The average Bonchev–Trinajstić information content (AvgIpc) is 2.98. The second kappa shape index (κ2) is 4.75. The van der Waals surface area contributed by atoms with Crippen LogP contribution in [0.25, 0.3) is 16.9 Å². The van der Waals surface area contributed by atoms with E-state index in [1.54, 1.807) is 10.7 Å². The highest BCUT2D eigenvalue weighted by molar-refractivity contribution is 5.58. The van der Waals surface area contributed by atoms with Crippen molar-refractivity contribution in [1.29, 1.82) is 5.26 Å². The zero-order chi connectivity index (χ0) is 13.1. The Hall–Kier alpha value is -2.93. The summed E-state index contributed by atoms with van der Waals surface area (Å²) in [5.41, 5.74) is 3.10. The Morgan fingerprint density at radius 1 is 0.947 bits per heavy atom. The summed E-state index contributed by atoms with van der Waals surface area (Å²) in [5, 5.41) is 17.3. The van der Waals surface area contributed by atoms with Gasteiger partial charge in [0.2, 0.25) is 0 Å². The molecule has 0 bridgehead atoms. The van der Waals surface area contributed by atoms with Crippen LogP contribution in [0.1, 0.15) is 5.56 Å². The molecule has 0 saturated carbocycles. The van der Waals surface area contributed by atoms with E-state index in [0.29, 0.717) is 5.56 Å². The molecule has 0 amide bonds. The lowest BCUT2D eigenvalue weighted by Crippen LogP contribution is -1.97. The van der Waals surface area contributed by atoms with Crippen LogP contribution in [-0.2, 0) is 0 Å². The predicted molar refractivity (Wildman–Crippen MR) is 71.5 cm³/mol. The first-order valence-corrected chi connectivity index (χ1v) is 5.86. The number of benzene rings is 2. The van der Waals surface area contributed by atoms with Gasteiger partial charge in [-0.15, -0.1) is 5.10 Å². The second-order valence-electron chi connectivity index (χ2n) is 4.04. The minimum Gasteiger partial charge on any atom is -0.219 e. The molecular weight excluding hydrogens is 236 g/mol. The molecule has 90 valence electrons. The van der Waals surface area contributed by atoms with E-state index in [0.717, 1.165) is 16.9 Å². The van der Waals surface area contributed by atoms with Crippen LogP contribution < -0.4 is 0 Å². The van der Waals surface area contributed by atoms with Crippen LogP contribution in [0.5, 0.6) is 0 Å². The standard InChI is InChI=1S/C15H10N4/c16-10-13-8-4-5-9-15(13)19-11-14(17-18-19)12-6-2-1-3-7-12/h1-9,11H. The minimum atomic E-state index is 0.576. The van der Waals surface area contributed by atoms with Gasteiger partial charge in [-0.3, -0.25) is 0 Å². The maximum Gasteiger partial charge on any atom is 0.113 e. The first-order chi connectivity index (χ1) is 9.38. The lowest BCUT2D eigenvalue weighted by molar-refractivity contribution is 0.802. The lowest BCUT2D eigenvalue weighted by atomic mass is 10.2. The number of para-hydroxylation sites is 1. The third-order valence-corrected chi connectivity index (χ3v) is 2.83. The first kappa shape index (κ1) is 11.2. The van der Waals surface area contributed by atoms with E-state index < -0.39 is 0 Å². The Kier molecular flexibility index (Phi) is 2.79. The van der Waals surface area contributed by atoms with Crippen molar-refractivity contribution in [1.82, 2.24) is 15.0 Å². The fourth-order valence-corrected chi connectivity index (χ4v) is 1.89. The van der Waals surface area contributed by atoms with Gasteiger partial charge in [-0.25, -0.2) is 4.68 Å². The smallest absolute Gasteiger partial charge is 0.113 e. The molecule has 0 N–H and O–H groups in total. The molecule has 0 radical (unpaired) electrons. The third kappa shape index (κ3) is 2.09. The van der Waals surface area contributed by atoms with Crippen molar-refractivity contribution in [2.45, 2.75) is 0 Å². The monoisotopic (exact) mass is 246 g/mol. The van der Waals surface area contributed by atoms with Crippen LogP contribution in [0.3, 0.4) is 0 Å². The summed E-state index contributed by atoms with van der Waals surface area (Å²) in [6.07, 6.45) is 1.82. The van der Waals surface area contributed by atoms with Crippen molar-refractivity contribution in [2.75, 3.05) is 0 Å². The fourth-order valence-electron chi connectivity index (χ4n) is 1.89. The van der Waals surface area contributed by atoms with Gasteiger partial charge in [0.1, 0.15) is 11.8 Å². The molecule has 2 aromatic carbocycles. The minimum absolute atomic E-state index is 0.576. The van der Waals surface area contributed by atoms with Crippen LogP contribution >= 0.6 is 0 Å². The molecule has 0 aliphatic rings. The Bertz CT molecular complexity index is 738. The normalized spacial score (nSPS) is 10.1. The second-order valence-corrected chi connectivity index (χ2v) is 4.04. The molecule has 0 spiro atoms. The highest BCUT2D eigenvalue weighted by Gasteiger charge is 2.07. The van der Waals surface area contributed by atoms with E-state index in [9.17, 15) is 0 Å². The van der Waals surface area contributed by atoms with Crippen LogP contribution in [-0.4, -0.2) is 15.0 Å². The van der Waals surface area contributed by atoms with E-state index in [1.807, 2.05) is 54.7 Å². The Morgan fingerprint density at radius 2 is 1.68 bits per heavy atom. The van der Waals surface area contributed by atoms with Gasteiger partial charge >= 0.3 is 0 Å². The molecule has 19 heavy (non-hydrogen) atoms. The van der Waals surface area contributed by atoms with E-state index >= 15 is 0 Å². The number of aromatic nitrogens is 3. The van der Waals surface area contributed by atoms with Gasteiger partial charge in [-0.05, 0) is 12.1 Å². The van der Waals surface area contributed by atoms with Gasteiger partial charge in [-0.1, -0.05) is 47.7 Å². The first-order valence-electron chi connectivity index (χ1n) is 5.86. The van der Waals surface area contributed by atoms with Crippen molar-refractivity contribution in [2.24, 2.45) is 0 Å². The molecule has 0 aliphatic heterocycles. The van der Waals surface area contributed by atoms with Gasteiger partial charge in [0.15, 0.2) is 0 Å². The lowest BCUT2D eigenvalue weighted by Gasteiger charge is -2.01. The van der Waals surface area contributed by atoms with Gasteiger partial charge in [0.25, 0.3) is 0 Å². The maximum absolute atomic E-state index is 9.09. The molecule has 0 atom stereocenters. The number of nitrogens with zero attached hydrogens (tertiary/aromatic N) is 4. The summed E-state index contributed by atoms with van der Waals surface area (Å²) in [7, 11) is 0. The van der Waals surface area contributed by atoms with Crippen molar-refractivity contribution in [3.8, 4) is 23.0 Å². The number of hydrogen-bond donors (Lipinski definition) is 0. The molecule has 1 aromatic heterocycles. The fraction of sp³-hybridized carbons (Fsp3) is 0. The molecule has 0 fully saturated rings. The van der Waals surface area contributed by atoms with Gasteiger partial charge in [-0.2, -0.15) is 5.26 Å². The van der Waals surface area contributed by atoms with Crippen molar-refractivity contribution in [3.63, 3.8) is 0 Å². The summed E-state index contributed by atoms with van der Waals surface area (Å²) >= 11 is 0. The summed E-state index contributed by atoms with van der Waals surface area (Å²) in [6.45, 7) is 0. The maximum atomic E-state index is 9.09. The molecule has 4 heteroatoms. The van der Waals surface area contributed by atoms with E-state index in [2.05, 4.69) is 16.4 Å². The summed E-state index contributed by atoms with van der Waals surface area (Å²) < 4.78 is 1.63. The Morgan fingerprint density at radius 3 is 2.47 bits per heavy atom. The Balaban J connectivity index is 2.05. The van der Waals surface area contributed by atoms with Crippen molar-refractivity contribution < 1.29 is 0 Å². The van der Waals surface area contributed by atoms with Crippen LogP contribution in [0, 0.1) is 11.3 Å². The summed E-state index contributed by atoms with van der Waals surface area (Å²) in [5.74, 6) is 0. The highest BCUT2D eigenvalue weighted by Crippen LogP contribution is 2.18. The molecule has 0 aliphatic carbocycles. The van der Waals surface area contributed by atoms with Crippen LogP contribution in [0.2, 0.25) is 0 Å². The molecule has 1 heterocycles. The zero-order valence-electron chi connectivity index (χ0n) is 10.1. The molecular formula is C15H10N4. The van der Waals surface area contributed by atoms with Crippen molar-refractivity contribution >= 4 is 0 Å². The third-order valence-electron chi connectivity index (χ3n) is 2.83. The van der Waals surface area contributed by atoms with E-state index in [4.69, 9.17) is 5.26 Å². The summed E-state index contributed by atoms with van der Waals surface area (Å²) in [6, 6.07) is 19.3. The van der Waals surface area contributed by atoms with Gasteiger partial charge in [0.05, 0.1) is 17.4 Å². The summed E-state index contributed by atoms with van der Waals surface area (Å²) in [4.78, 5) is 0. The highest BCUT2D eigenvalue weighted by atomic mass is 15.4. The SMILES string of the molecule is N#Cc1ccccc1-n1cc(-c2ccccc2)nn1. The van der Waals surface area contributed by atoms with Crippen LogP contribution in [0.4, 0.5) is 0 Å². The zero-order valence-corrected chi connectivity index (χ0v) is 10.1. The molecule has 0 saturated heterocycles. The largest absolute Gasteiger partial charge is 0.219 e. The van der Waals surface area contributed by atoms with E-state index in [-0.39, 0.29) is 0 Å². The quantitative estimate of drug-likeness (QED) is 0.698. The Labute approximate surface area is 110 Å². The van der Waals surface area contributed by atoms with E-state index in [1.165, 1.54) is 0 Å². The number of rotatable bonds is 2. The van der Waals surface area contributed by atoms with Gasteiger partial charge in [0, 0.05) is 5.56 Å². The molecule has 0 unspecified atom stereocenters. The number of nitriles is 1. The predicted octanol–water partition coefficient (Wildman–Crippen LogP) is 2.81. The average molecular weight is 246 g/mol. The number of hydrogen-bond acceptors (Lipinski definition) is 3. The van der Waals surface area contributed by atoms with Crippen molar-refractivity contribution in [3.05, 3.63) is 66.4 Å². The molecule has 4 nitrogen and oxygen atoms in total. The van der Waals surface area contributed by atoms with Crippen LogP contribution in [0.15, 0.2) is 60.8 Å². The molecule has 3 aromatic rings. The topological polar surface area (TPSA) is 54.5 Å². The van der Waals surface area contributed by atoms with Gasteiger partial charge < -0.3 is 0 Å². The molecule has 3 rings (SSSR count).